The molecule has 0 spiro atoms. The van der Waals surface area contributed by atoms with Crippen molar-refractivity contribution < 1.29 is 12.8 Å². The molecule has 0 saturated carbocycles. The Morgan fingerprint density at radius 3 is 2.46 bits per heavy atom. The molecule has 0 atom stereocenters. The van der Waals surface area contributed by atoms with Gasteiger partial charge in [0.2, 0.25) is 10.0 Å². The van der Waals surface area contributed by atoms with E-state index < -0.39 is 10.0 Å². The fourth-order valence-corrected chi connectivity index (χ4v) is 5.58. The highest BCUT2D eigenvalue weighted by Crippen LogP contribution is 2.27. The lowest BCUT2D eigenvalue weighted by Gasteiger charge is -2.22. The van der Waals surface area contributed by atoms with Crippen molar-refractivity contribution in [2.45, 2.75) is 24.9 Å². The maximum Gasteiger partial charge on any atom is 0.243 e. The van der Waals surface area contributed by atoms with Gasteiger partial charge in [0, 0.05) is 21.1 Å². The Morgan fingerprint density at radius 1 is 0.971 bits per heavy atom. The summed E-state index contributed by atoms with van der Waals surface area (Å²) in [6, 6.07) is 22.8. The summed E-state index contributed by atoms with van der Waals surface area (Å²) in [6.07, 6.45) is 1.60. The van der Waals surface area contributed by atoms with Crippen molar-refractivity contribution in [2.75, 3.05) is 0 Å². The summed E-state index contributed by atoms with van der Waals surface area (Å²) in [5, 5.41) is 0.870. The van der Waals surface area contributed by atoms with Crippen LogP contribution in [0.4, 0.5) is 5.69 Å². The summed E-state index contributed by atoms with van der Waals surface area (Å²) in [7, 11) is -3.85. The monoisotopic (exact) mass is 590 g/mol. The van der Waals surface area contributed by atoms with E-state index in [1.165, 1.54) is 4.31 Å². The van der Waals surface area contributed by atoms with Gasteiger partial charge in [-0.2, -0.15) is 4.31 Å². The summed E-state index contributed by atoms with van der Waals surface area (Å²) in [5.41, 5.74) is 2.37. The van der Waals surface area contributed by atoms with Gasteiger partial charge in [-0.15, -0.1) is 0 Å². The van der Waals surface area contributed by atoms with Crippen LogP contribution in [0.2, 0.25) is 10.0 Å². The molecule has 0 bridgehead atoms. The molecule has 0 aliphatic rings. The summed E-state index contributed by atoms with van der Waals surface area (Å²) < 4.78 is 35.3. The third-order valence-corrected chi connectivity index (χ3v) is 8.07. The molecule has 9 heteroatoms. The molecule has 0 fully saturated rings. The van der Waals surface area contributed by atoms with E-state index in [1.54, 1.807) is 60.8 Å². The predicted octanol–water partition coefficient (Wildman–Crippen LogP) is 7.80. The zero-order valence-corrected chi connectivity index (χ0v) is 22.6. The summed E-state index contributed by atoms with van der Waals surface area (Å²) >= 11 is 15.8. The minimum Gasteiger partial charge on any atom is -0.459 e. The normalized spacial score (nSPS) is 12.0. The molecule has 0 amide bonds. The molecule has 180 valence electrons. The largest absolute Gasteiger partial charge is 0.459 e. The van der Waals surface area contributed by atoms with E-state index in [-0.39, 0.29) is 18.0 Å². The van der Waals surface area contributed by atoms with Gasteiger partial charge < -0.3 is 4.42 Å². The third kappa shape index (κ3) is 6.63. The number of sulfonamides is 1. The zero-order valence-electron chi connectivity index (χ0n) is 18.7. The number of aliphatic imine (C=N–C) groups is 1. The summed E-state index contributed by atoms with van der Waals surface area (Å²) in [6.45, 7) is 1.97. The zero-order chi connectivity index (χ0) is 25.0. The van der Waals surface area contributed by atoms with Gasteiger partial charge in [-0.05, 0) is 67.1 Å². The fraction of sp³-hybridized carbons (Fsp3) is 0.115. The Bertz CT molecular complexity index is 1470. The molecule has 0 aliphatic carbocycles. The second-order valence-electron chi connectivity index (χ2n) is 7.86. The number of rotatable bonds is 8. The highest BCUT2D eigenvalue weighted by atomic mass is 79.9. The van der Waals surface area contributed by atoms with Gasteiger partial charge >= 0.3 is 0 Å². The average Bonchev–Trinajstić information content (AvgIpc) is 3.27. The molecule has 35 heavy (non-hydrogen) atoms. The predicted molar refractivity (Wildman–Crippen MR) is 144 cm³/mol. The molecular formula is C26H21BrCl2N2O3S. The summed E-state index contributed by atoms with van der Waals surface area (Å²) in [4.78, 5) is 4.60. The number of benzene rings is 3. The lowest BCUT2D eigenvalue weighted by atomic mass is 10.2. The summed E-state index contributed by atoms with van der Waals surface area (Å²) in [5.74, 6) is 0.985. The maximum atomic E-state index is 13.6. The number of nitrogens with zero attached hydrogens (tertiary/aromatic N) is 2. The molecule has 5 nitrogen and oxygen atoms in total. The Balaban J connectivity index is 1.62. The topological polar surface area (TPSA) is 62.9 Å². The molecule has 0 N–H and O–H groups in total. The van der Waals surface area contributed by atoms with Crippen LogP contribution in [0.25, 0.3) is 0 Å². The van der Waals surface area contributed by atoms with Crippen molar-refractivity contribution in [1.29, 1.82) is 0 Å². The lowest BCUT2D eigenvalue weighted by molar-refractivity contribution is 0.357. The van der Waals surface area contributed by atoms with E-state index in [0.29, 0.717) is 27.1 Å². The minimum absolute atomic E-state index is 0.0138. The van der Waals surface area contributed by atoms with Gasteiger partial charge in [-0.25, -0.2) is 8.42 Å². The van der Waals surface area contributed by atoms with Crippen LogP contribution in [-0.4, -0.2) is 18.9 Å². The van der Waals surface area contributed by atoms with Crippen LogP contribution in [0.3, 0.4) is 0 Å². The standard InChI is InChI=1S/C26H21BrCl2N2O3S/c1-18-5-11-25(12-6-18)35(32,33)31(16-19-7-8-21(28)14-26(19)29)17-24-10-9-23(34-24)15-30-22-4-2-3-20(27)13-22/h2-15H,16-17H2,1H3. The van der Waals surface area contributed by atoms with E-state index in [2.05, 4.69) is 20.9 Å². The first-order chi connectivity index (χ1) is 16.7. The molecule has 0 unspecified atom stereocenters. The fourth-order valence-electron chi connectivity index (χ4n) is 3.34. The molecule has 0 aliphatic heterocycles. The van der Waals surface area contributed by atoms with Crippen LogP contribution in [-0.2, 0) is 23.1 Å². The van der Waals surface area contributed by atoms with Crippen LogP contribution < -0.4 is 0 Å². The van der Waals surface area contributed by atoms with Crippen molar-refractivity contribution in [2.24, 2.45) is 4.99 Å². The Labute approximate surface area is 223 Å². The highest BCUT2D eigenvalue weighted by molar-refractivity contribution is 9.10. The van der Waals surface area contributed by atoms with Gasteiger partial charge in [0.15, 0.2) is 0 Å². The molecule has 1 aromatic heterocycles. The molecular weight excluding hydrogens is 571 g/mol. The number of hydrogen-bond donors (Lipinski definition) is 0. The molecule has 0 radical (unpaired) electrons. The number of furan rings is 1. The van der Waals surface area contributed by atoms with Crippen LogP contribution in [0, 0.1) is 6.92 Å². The van der Waals surface area contributed by atoms with Crippen molar-refractivity contribution in [3.05, 3.63) is 116 Å². The van der Waals surface area contributed by atoms with Crippen LogP contribution in [0.5, 0.6) is 0 Å². The second kappa shape index (κ2) is 11.1. The van der Waals surface area contributed by atoms with Gasteiger partial charge in [0.1, 0.15) is 11.5 Å². The molecule has 3 aromatic carbocycles. The van der Waals surface area contributed by atoms with Gasteiger partial charge in [-0.3, -0.25) is 4.99 Å². The first-order valence-corrected chi connectivity index (χ1v) is 13.6. The first kappa shape index (κ1) is 25.7. The van der Waals surface area contributed by atoms with Gasteiger partial charge in [0.05, 0.1) is 23.3 Å². The van der Waals surface area contributed by atoms with E-state index in [0.717, 1.165) is 15.7 Å². The van der Waals surface area contributed by atoms with Crippen molar-refractivity contribution in [1.82, 2.24) is 4.31 Å². The van der Waals surface area contributed by atoms with E-state index >= 15 is 0 Å². The quantitative estimate of drug-likeness (QED) is 0.196. The van der Waals surface area contributed by atoms with Crippen molar-refractivity contribution >= 4 is 61.1 Å². The third-order valence-electron chi connectivity index (χ3n) is 5.18. The number of aryl methyl sites for hydroxylation is 1. The first-order valence-electron chi connectivity index (χ1n) is 10.6. The molecule has 0 saturated heterocycles. The lowest BCUT2D eigenvalue weighted by Crippen LogP contribution is -2.30. The minimum atomic E-state index is -3.85. The van der Waals surface area contributed by atoms with Gasteiger partial charge in [0.25, 0.3) is 0 Å². The van der Waals surface area contributed by atoms with Crippen LogP contribution in [0.15, 0.2) is 97.6 Å². The molecule has 4 aromatic rings. The van der Waals surface area contributed by atoms with Gasteiger partial charge in [-0.1, -0.05) is 69.0 Å². The van der Waals surface area contributed by atoms with Crippen molar-refractivity contribution in [3.63, 3.8) is 0 Å². The van der Waals surface area contributed by atoms with E-state index in [1.807, 2.05) is 31.2 Å². The Morgan fingerprint density at radius 2 is 1.74 bits per heavy atom. The van der Waals surface area contributed by atoms with Crippen molar-refractivity contribution in [3.8, 4) is 0 Å². The maximum absolute atomic E-state index is 13.6. The highest BCUT2D eigenvalue weighted by Gasteiger charge is 2.26. The SMILES string of the molecule is Cc1ccc(S(=O)(=O)N(Cc2ccc(C=Nc3cccc(Br)c3)o2)Cc2ccc(Cl)cc2Cl)cc1. The number of hydrogen-bond acceptors (Lipinski definition) is 4. The second-order valence-corrected chi connectivity index (χ2v) is 11.6. The van der Waals surface area contributed by atoms with Crippen LogP contribution >= 0.6 is 39.1 Å². The average molecular weight is 592 g/mol. The Hall–Kier alpha value is -2.42. The van der Waals surface area contributed by atoms with Crippen LogP contribution in [0.1, 0.15) is 22.6 Å². The Kier molecular flexibility index (Phi) is 8.14. The number of halogens is 3. The van der Waals surface area contributed by atoms with E-state index in [9.17, 15) is 8.42 Å². The molecule has 1 heterocycles. The molecule has 4 rings (SSSR count). The van der Waals surface area contributed by atoms with E-state index in [4.69, 9.17) is 27.6 Å². The smallest absolute Gasteiger partial charge is 0.243 e.